The number of ether oxygens (including phenoxy) is 1. The van der Waals surface area contributed by atoms with Gasteiger partial charge in [0.25, 0.3) is 0 Å². The lowest BCUT2D eigenvalue weighted by Crippen LogP contribution is -2.59. The van der Waals surface area contributed by atoms with Gasteiger partial charge in [-0.3, -0.25) is 38.4 Å². The summed E-state index contributed by atoms with van der Waals surface area (Å²) >= 11 is 0. The Kier molecular flexibility index (Phi) is 20.3. The smallest absolute Gasteiger partial charge is 0.325 e. The predicted octanol–water partition coefficient (Wildman–Crippen LogP) is 6.07. The Labute approximate surface area is 446 Å². The standard InChI is InChI=1S/C58H92N8O9/c1-34(2)14-11-15-36(5)43-20-21-44-42-19-18-40-31-41(24-26-57(40,8)45(42)25-27-58(43,44)9)75-50(68)32-60-55(73)48-17-13-29-66(48)56(74)47(30-35(3)4)64-54(72)46(22-23-49(59)67)63-52(70)38(7)61-51(69)37(6)62-53(71)39-16-12-28-65(10)33-39/h12,18,28,33-38,41-48H,11,13-17,19-27,29-32H2,1-10H3,(H2,59,67)(H,60,73)(H,61,69)(H,62,71)(H,63,70)(H,64,72)/t36-,37+,38+,41?,42+,43-,44+,45+,46+,47+,48+,57+,58-/m1/s1. The molecule has 3 saturated carbocycles. The zero-order chi connectivity index (χ0) is 54.9. The molecule has 2 aliphatic heterocycles. The molecular weight excluding hydrogens is 953 g/mol. The predicted molar refractivity (Wildman–Crippen MR) is 287 cm³/mol. The van der Waals surface area contributed by atoms with Crippen molar-refractivity contribution in [3.63, 3.8) is 0 Å². The fourth-order valence-electron chi connectivity index (χ4n) is 14.2. The number of fused-ring (bicyclic) bond motifs is 5. The highest BCUT2D eigenvalue weighted by atomic mass is 16.5. The number of carbonyl (C=O) groups is 8. The zero-order valence-corrected chi connectivity index (χ0v) is 46.9. The second kappa shape index (κ2) is 25.7. The molecule has 2 heterocycles. The van der Waals surface area contributed by atoms with Gasteiger partial charge in [0.15, 0.2) is 0 Å². The number of hydrogen-bond acceptors (Lipinski definition) is 10. The number of allylic oxidation sites excluding steroid dienone is 2. The molecule has 418 valence electrons. The first-order valence-electron chi connectivity index (χ1n) is 28.5. The second-order valence-corrected chi connectivity index (χ2v) is 24.6. The maximum atomic E-state index is 14.3. The fourth-order valence-corrected chi connectivity index (χ4v) is 14.2. The molecule has 0 radical (unpaired) electrons. The van der Waals surface area contributed by atoms with Gasteiger partial charge in [-0.25, -0.2) is 0 Å². The molecule has 7 N–H and O–H groups in total. The van der Waals surface area contributed by atoms with Gasteiger partial charge in [-0.2, -0.15) is 0 Å². The fraction of sp³-hybridized carbons (Fsp3) is 0.759. The lowest BCUT2D eigenvalue weighted by atomic mass is 9.47. The molecule has 6 aliphatic rings. The number of hydrogen-bond donors (Lipinski definition) is 6. The zero-order valence-electron chi connectivity index (χ0n) is 46.9. The number of nitrogens with one attached hydrogen (secondary N) is 5. The molecule has 0 aromatic heterocycles. The lowest BCUT2D eigenvalue weighted by molar-refractivity contribution is -0.152. The van der Waals surface area contributed by atoms with Crippen LogP contribution in [0, 0.1) is 52.3 Å². The molecule has 0 aromatic carbocycles. The highest BCUT2D eigenvalue weighted by molar-refractivity contribution is 5.99. The van der Waals surface area contributed by atoms with Crippen molar-refractivity contribution in [2.24, 2.45) is 58.0 Å². The van der Waals surface area contributed by atoms with Gasteiger partial charge in [-0.1, -0.05) is 85.5 Å². The Bertz CT molecular complexity index is 2210. The minimum atomic E-state index is -1.32. The van der Waals surface area contributed by atoms with Crippen molar-refractivity contribution >= 4 is 47.3 Å². The van der Waals surface area contributed by atoms with E-state index in [0.29, 0.717) is 48.5 Å². The first-order chi connectivity index (χ1) is 35.4. The monoisotopic (exact) mass is 1040 g/mol. The van der Waals surface area contributed by atoms with Crippen LogP contribution in [0.4, 0.5) is 0 Å². The quantitative estimate of drug-likeness (QED) is 0.0510. The Balaban J connectivity index is 0.995. The Morgan fingerprint density at radius 2 is 1.49 bits per heavy atom. The Morgan fingerprint density at radius 3 is 2.19 bits per heavy atom. The number of likely N-dealkylation sites (tertiary alicyclic amines) is 1. The van der Waals surface area contributed by atoms with Crippen molar-refractivity contribution < 1.29 is 43.1 Å². The third kappa shape index (κ3) is 14.6. The summed E-state index contributed by atoms with van der Waals surface area (Å²) in [6.07, 6.45) is 21.4. The molecule has 4 aliphatic carbocycles. The van der Waals surface area contributed by atoms with Gasteiger partial charge in [-0.15, -0.1) is 0 Å². The third-order valence-corrected chi connectivity index (χ3v) is 18.3. The van der Waals surface area contributed by atoms with E-state index in [1.54, 1.807) is 18.1 Å². The van der Waals surface area contributed by atoms with Crippen LogP contribution >= 0.6 is 0 Å². The first-order valence-corrected chi connectivity index (χ1v) is 28.5. The number of amides is 7. The third-order valence-electron chi connectivity index (χ3n) is 18.3. The SMILES string of the molecule is CC(C)CCC[C@@H](C)[C@H]1CC[C@H]2[C@@H]3CC=C4CC(OC(=O)CNC(=O)[C@@H]5CCCN5C(=O)[C@H](CC(C)C)NC(=O)[C@H](CCC(N)=O)NC(=O)[C@H](C)NC(=O)[C@H](C)NC(=O)C5=CN(C)C=CC5)CC[C@]4(C)[C@H]3CC[C@]12C. The number of nitrogens with two attached hydrogens (primary N) is 1. The highest BCUT2D eigenvalue weighted by Crippen LogP contribution is 2.67. The summed E-state index contributed by atoms with van der Waals surface area (Å²) in [5, 5.41) is 13.3. The number of rotatable bonds is 23. The van der Waals surface area contributed by atoms with Gasteiger partial charge in [0.2, 0.25) is 41.4 Å². The number of nitrogens with zero attached hydrogens (tertiary/aromatic N) is 2. The van der Waals surface area contributed by atoms with Gasteiger partial charge < -0.3 is 46.9 Å². The van der Waals surface area contributed by atoms with Crippen LogP contribution < -0.4 is 32.3 Å². The van der Waals surface area contributed by atoms with Crippen LogP contribution in [0.5, 0.6) is 0 Å². The summed E-state index contributed by atoms with van der Waals surface area (Å²) in [6, 6.07) is -5.46. The number of primary amides is 1. The average molecular weight is 1050 g/mol. The van der Waals surface area contributed by atoms with Crippen LogP contribution in [-0.4, -0.2) is 114 Å². The molecule has 17 heteroatoms. The van der Waals surface area contributed by atoms with Crippen LogP contribution in [0.1, 0.15) is 171 Å². The first kappa shape index (κ1) is 59.0. The summed E-state index contributed by atoms with van der Waals surface area (Å²) in [5.41, 5.74) is 7.84. The molecule has 17 nitrogen and oxygen atoms in total. The van der Waals surface area contributed by atoms with E-state index in [1.807, 2.05) is 26.1 Å². The molecular formula is C58H92N8O9. The number of carbonyl (C=O) groups excluding carboxylic acids is 8. The van der Waals surface area contributed by atoms with Crippen LogP contribution in [-0.2, 0) is 43.1 Å². The minimum Gasteiger partial charge on any atom is -0.461 e. The molecule has 1 unspecified atom stereocenters. The van der Waals surface area contributed by atoms with E-state index in [1.165, 1.54) is 69.3 Å². The van der Waals surface area contributed by atoms with Crippen molar-refractivity contribution in [1.29, 1.82) is 0 Å². The van der Waals surface area contributed by atoms with Gasteiger partial charge in [0, 0.05) is 38.2 Å². The summed E-state index contributed by atoms with van der Waals surface area (Å²) in [6.45, 7) is 18.9. The summed E-state index contributed by atoms with van der Waals surface area (Å²) in [5.74, 6) is -0.392. The van der Waals surface area contributed by atoms with Gasteiger partial charge in [-0.05, 0) is 149 Å². The summed E-state index contributed by atoms with van der Waals surface area (Å²) in [7, 11) is 1.78. The van der Waals surface area contributed by atoms with Crippen molar-refractivity contribution in [3.8, 4) is 0 Å². The highest BCUT2D eigenvalue weighted by Gasteiger charge is 2.59. The van der Waals surface area contributed by atoms with Crippen LogP contribution in [0.2, 0.25) is 0 Å². The van der Waals surface area contributed by atoms with Gasteiger partial charge in [0.1, 0.15) is 42.9 Å². The van der Waals surface area contributed by atoms with E-state index in [-0.39, 0.29) is 49.8 Å². The molecule has 1 saturated heterocycles. The van der Waals surface area contributed by atoms with Crippen LogP contribution in [0.3, 0.4) is 0 Å². The van der Waals surface area contributed by atoms with Crippen molar-refractivity contribution in [2.45, 2.75) is 208 Å². The van der Waals surface area contributed by atoms with Crippen LogP contribution in [0.15, 0.2) is 35.7 Å². The molecule has 75 heavy (non-hydrogen) atoms. The van der Waals surface area contributed by atoms with Gasteiger partial charge in [0.05, 0.1) is 0 Å². The average Bonchev–Trinajstić information content (AvgIpc) is 3.99. The second-order valence-electron chi connectivity index (χ2n) is 24.6. The molecule has 0 aromatic rings. The van der Waals surface area contributed by atoms with Gasteiger partial charge >= 0.3 is 5.97 Å². The molecule has 0 bridgehead atoms. The molecule has 0 spiro atoms. The van der Waals surface area contributed by atoms with E-state index in [0.717, 1.165) is 42.9 Å². The summed E-state index contributed by atoms with van der Waals surface area (Å²) < 4.78 is 6.05. The normalized spacial score (nSPS) is 29.0. The molecule has 6 rings (SSSR count). The van der Waals surface area contributed by atoms with Crippen LogP contribution in [0.25, 0.3) is 0 Å². The van der Waals surface area contributed by atoms with E-state index in [9.17, 15) is 38.4 Å². The van der Waals surface area contributed by atoms with Crippen molar-refractivity contribution in [1.82, 2.24) is 36.4 Å². The largest absolute Gasteiger partial charge is 0.461 e. The molecule has 4 fully saturated rings. The topological polar surface area (TPSA) is 238 Å². The minimum absolute atomic E-state index is 0.0768. The Hall–Kier alpha value is -5.22. The molecule has 13 atom stereocenters. The van der Waals surface area contributed by atoms with Crippen molar-refractivity contribution in [3.05, 3.63) is 35.7 Å². The van der Waals surface area contributed by atoms with E-state index >= 15 is 0 Å². The van der Waals surface area contributed by atoms with E-state index in [4.69, 9.17) is 10.5 Å². The number of esters is 1. The van der Waals surface area contributed by atoms with Crippen molar-refractivity contribution in [2.75, 3.05) is 20.1 Å². The molecule has 7 amide bonds. The maximum absolute atomic E-state index is 14.3. The summed E-state index contributed by atoms with van der Waals surface area (Å²) in [4.78, 5) is 110. The van der Waals surface area contributed by atoms with E-state index < -0.39 is 77.5 Å². The Morgan fingerprint density at radius 1 is 0.787 bits per heavy atom. The lowest BCUT2D eigenvalue weighted by Gasteiger charge is -2.58. The van der Waals surface area contributed by atoms with E-state index in [2.05, 4.69) is 67.3 Å². The maximum Gasteiger partial charge on any atom is 0.325 e.